The number of urea groups is 1. The lowest BCUT2D eigenvalue weighted by Gasteiger charge is -2.27. The Hall–Kier alpha value is -2.50. The Bertz CT molecular complexity index is 860. The van der Waals surface area contributed by atoms with E-state index in [4.69, 9.17) is 4.42 Å². The van der Waals surface area contributed by atoms with E-state index < -0.39 is 0 Å². The van der Waals surface area contributed by atoms with Gasteiger partial charge in [-0.2, -0.15) is 0 Å². The number of benzene rings is 1. The standard InChI is InChI=1S/C22H29N3O3/c1-16-18(19-7-2-3-8-20(19)28-16)10-12-23-22(27)24-13-4-6-17(11-15-24)25-14-5-9-21(25)26/h2-3,7-8,17H,4-6,9-15H2,1H3,(H,23,27). The number of carbonyl (C=O) groups excluding carboxylic acids is 2. The summed E-state index contributed by atoms with van der Waals surface area (Å²) in [5, 5.41) is 4.20. The summed E-state index contributed by atoms with van der Waals surface area (Å²) in [6, 6.07) is 8.32. The summed E-state index contributed by atoms with van der Waals surface area (Å²) in [5.74, 6) is 1.20. The quantitative estimate of drug-likeness (QED) is 0.879. The van der Waals surface area contributed by atoms with Gasteiger partial charge < -0.3 is 19.5 Å². The number of para-hydroxylation sites is 1. The van der Waals surface area contributed by atoms with Crippen LogP contribution in [-0.2, 0) is 11.2 Å². The van der Waals surface area contributed by atoms with Crippen molar-refractivity contribution in [2.24, 2.45) is 0 Å². The Morgan fingerprint density at radius 1 is 1.18 bits per heavy atom. The lowest BCUT2D eigenvalue weighted by atomic mass is 10.1. The summed E-state index contributed by atoms with van der Waals surface area (Å²) in [7, 11) is 0. The second-order valence-corrected chi connectivity index (χ2v) is 7.88. The number of rotatable bonds is 4. The number of nitrogens with one attached hydrogen (secondary N) is 1. The highest BCUT2D eigenvalue weighted by molar-refractivity contribution is 5.82. The molecule has 3 heterocycles. The molecular formula is C22H29N3O3. The summed E-state index contributed by atoms with van der Waals surface area (Å²) in [4.78, 5) is 28.6. The molecule has 0 saturated carbocycles. The van der Waals surface area contributed by atoms with Crippen LogP contribution in [0.2, 0.25) is 0 Å². The molecule has 6 heteroatoms. The number of furan rings is 1. The zero-order chi connectivity index (χ0) is 19.5. The topological polar surface area (TPSA) is 65.8 Å². The first-order valence-corrected chi connectivity index (χ1v) is 10.4. The molecule has 1 atom stereocenters. The molecule has 0 aliphatic carbocycles. The summed E-state index contributed by atoms with van der Waals surface area (Å²) < 4.78 is 5.80. The predicted molar refractivity (Wildman–Crippen MR) is 108 cm³/mol. The number of hydrogen-bond donors (Lipinski definition) is 1. The Kier molecular flexibility index (Phi) is 5.55. The maximum absolute atomic E-state index is 12.6. The average Bonchev–Trinajstić information content (AvgIpc) is 3.15. The number of carbonyl (C=O) groups is 2. The van der Waals surface area contributed by atoms with E-state index in [9.17, 15) is 9.59 Å². The fourth-order valence-corrected chi connectivity index (χ4v) is 4.59. The highest BCUT2D eigenvalue weighted by Crippen LogP contribution is 2.25. The SMILES string of the molecule is Cc1oc2ccccc2c1CCNC(=O)N1CCCC(N2CCCC2=O)CC1. The Balaban J connectivity index is 1.29. The molecule has 2 saturated heterocycles. The second-order valence-electron chi connectivity index (χ2n) is 7.88. The number of likely N-dealkylation sites (tertiary alicyclic amines) is 2. The number of hydrogen-bond acceptors (Lipinski definition) is 3. The van der Waals surface area contributed by atoms with Gasteiger partial charge in [0.15, 0.2) is 0 Å². The molecule has 1 aromatic heterocycles. The van der Waals surface area contributed by atoms with E-state index in [1.54, 1.807) is 0 Å². The monoisotopic (exact) mass is 383 g/mol. The van der Waals surface area contributed by atoms with Crippen LogP contribution in [0.25, 0.3) is 11.0 Å². The van der Waals surface area contributed by atoms with Crippen LogP contribution in [0.5, 0.6) is 0 Å². The normalized spacial score (nSPS) is 20.6. The van der Waals surface area contributed by atoms with E-state index in [1.807, 2.05) is 34.9 Å². The van der Waals surface area contributed by atoms with Gasteiger partial charge in [-0.15, -0.1) is 0 Å². The Morgan fingerprint density at radius 2 is 2.04 bits per heavy atom. The maximum atomic E-state index is 12.6. The van der Waals surface area contributed by atoms with Crippen molar-refractivity contribution in [2.45, 2.75) is 51.5 Å². The molecule has 4 rings (SSSR count). The third kappa shape index (κ3) is 3.86. The van der Waals surface area contributed by atoms with Gasteiger partial charge in [-0.1, -0.05) is 18.2 Å². The molecule has 0 radical (unpaired) electrons. The minimum absolute atomic E-state index is 0.00106. The molecule has 1 unspecified atom stereocenters. The largest absolute Gasteiger partial charge is 0.461 e. The van der Waals surface area contributed by atoms with Gasteiger partial charge in [-0.3, -0.25) is 4.79 Å². The number of amides is 3. The average molecular weight is 383 g/mol. The molecule has 28 heavy (non-hydrogen) atoms. The molecule has 150 valence electrons. The molecule has 1 aromatic carbocycles. The first-order valence-electron chi connectivity index (χ1n) is 10.4. The van der Waals surface area contributed by atoms with Crippen molar-refractivity contribution in [3.63, 3.8) is 0 Å². The first-order chi connectivity index (χ1) is 13.6. The van der Waals surface area contributed by atoms with Crippen molar-refractivity contribution < 1.29 is 14.0 Å². The smallest absolute Gasteiger partial charge is 0.317 e. The summed E-state index contributed by atoms with van der Waals surface area (Å²) in [6.45, 7) is 4.93. The van der Waals surface area contributed by atoms with E-state index in [0.29, 0.717) is 25.6 Å². The molecule has 0 spiro atoms. The van der Waals surface area contributed by atoms with Gasteiger partial charge in [0.1, 0.15) is 11.3 Å². The van der Waals surface area contributed by atoms with Crippen LogP contribution >= 0.6 is 0 Å². The van der Waals surface area contributed by atoms with Gasteiger partial charge in [0, 0.05) is 49.6 Å². The van der Waals surface area contributed by atoms with E-state index >= 15 is 0 Å². The Labute approximate surface area is 165 Å². The third-order valence-corrected chi connectivity index (χ3v) is 6.09. The minimum atomic E-state index is -0.00106. The van der Waals surface area contributed by atoms with E-state index in [0.717, 1.165) is 61.9 Å². The number of fused-ring (bicyclic) bond motifs is 1. The van der Waals surface area contributed by atoms with Gasteiger partial charge in [0.2, 0.25) is 5.91 Å². The van der Waals surface area contributed by atoms with Crippen molar-refractivity contribution in [3.8, 4) is 0 Å². The zero-order valence-corrected chi connectivity index (χ0v) is 16.6. The van der Waals surface area contributed by atoms with Gasteiger partial charge in [0.25, 0.3) is 0 Å². The molecular weight excluding hydrogens is 354 g/mol. The molecule has 3 amide bonds. The van der Waals surface area contributed by atoms with Crippen molar-refractivity contribution in [3.05, 3.63) is 35.6 Å². The highest BCUT2D eigenvalue weighted by Gasteiger charge is 2.30. The van der Waals surface area contributed by atoms with Crippen LogP contribution in [-0.4, -0.2) is 54.0 Å². The van der Waals surface area contributed by atoms with Crippen molar-refractivity contribution in [1.29, 1.82) is 0 Å². The van der Waals surface area contributed by atoms with E-state index in [-0.39, 0.29) is 11.9 Å². The molecule has 2 aliphatic rings. The summed E-state index contributed by atoms with van der Waals surface area (Å²) in [6.07, 6.45) is 5.24. The lowest BCUT2D eigenvalue weighted by Crippen LogP contribution is -2.42. The highest BCUT2D eigenvalue weighted by atomic mass is 16.3. The lowest BCUT2D eigenvalue weighted by molar-refractivity contribution is -0.129. The van der Waals surface area contributed by atoms with E-state index in [1.165, 1.54) is 5.56 Å². The zero-order valence-electron chi connectivity index (χ0n) is 16.6. The Morgan fingerprint density at radius 3 is 2.86 bits per heavy atom. The maximum Gasteiger partial charge on any atom is 0.317 e. The summed E-state index contributed by atoms with van der Waals surface area (Å²) in [5.41, 5.74) is 2.07. The third-order valence-electron chi connectivity index (χ3n) is 6.09. The van der Waals surface area contributed by atoms with Crippen LogP contribution in [0.4, 0.5) is 4.79 Å². The van der Waals surface area contributed by atoms with Crippen molar-refractivity contribution >= 4 is 22.9 Å². The van der Waals surface area contributed by atoms with Crippen LogP contribution < -0.4 is 5.32 Å². The van der Waals surface area contributed by atoms with Gasteiger partial charge >= 0.3 is 6.03 Å². The van der Waals surface area contributed by atoms with Crippen LogP contribution in [0, 0.1) is 6.92 Å². The number of nitrogens with zero attached hydrogens (tertiary/aromatic N) is 2. The predicted octanol–water partition coefficient (Wildman–Crippen LogP) is 3.47. The molecule has 2 aromatic rings. The fraction of sp³-hybridized carbons (Fsp3) is 0.545. The minimum Gasteiger partial charge on any atom is -0.461 e. The van der Waals surface area contributed by atoms with Crippen LogP contribution in [0.15, 0.2) is 28.7 Å². The molecule has 1 N–H and O–H groups in total. The fourth-order valence-electron chi connectivity index (χ4n) is 4.59. The molecule has 2 aliphatic heterocycles. The molecule has 2 fully saturated rings. The molecule has 6 nitrogen and oxygen atoms in total. The van der Waals surface area contributed by atoms with Gasteiger partial charge in [-0.05, 0) is 45.1 Å². The van der Waals surface area contributed by atoms with Crippen molar-refractivity contribution in [1.82, 2.24) is 15.1 Å². The first kappa shape index (κ1) is 18.8. The van der Waals surface area contributed by atoms with Crippen LogP contribution in [0.3, 0.4) is 0 Å². The molecule has 0 bridgehead atoms. The van der Waals surface area contributed by atoms with Gasteiger partial charge in [-0.25, -0.2) is 4.79 Å². The van der Waals surface area contributed by atoms with E-state index in [2.05, 4.69) is 11.4 Å². The van der Waals surface area contributed by atoms with Crippen molar-refractivity contribution in [2.75, 3.05) is 26.2 Å². The van der Waals surface area contributed by atoms with Crippen LogP contribution in [0.1, 0.15) is 43.4 Å². The van der Waals surface area contributed by atoms with Gasteiger partial charge in [0.05, 0.1) is 0 Å². The second kappa shape index (κ2) is 8.25. The summed E-state index contributed by atoms with van der Waals surface area (Å²) >= 11 is 0. The number of aryl methyl sites for hydroxylation is 1.